The quantitative estimate of drug-likeness (QED) is 0.824. The lowest BCUT2D eigenvalue weighted by Gasteiger charge is -2.27. The fraction of sp³-hybridized carbons (Fsp3) is 0.462. The predicted octanol–water partition coefficient (Wildman–Crippen LogP) is 0.416. The highest BCUT2D eigenvalue weighted by Gasteiger charge is 2.31. The zero-order chi connectivity index (χ0) is 17.1. The van der Waals surface area contributed by atoms with Crippen LogP contribution in [0.25, 0.3) is 0 Å². The monoisotopic (exact) mass is 351 g/mol. The van der Waals surface area contributed by atoms with Crippen LogP contribution in [0.5, 0.6) is 0 Å². The number of hydrogen-bond donors (Lipinski definition) is 2. The number of nitrogens with one attached hydrogen (secondary N) is 2. The van der Waals surface area contributed by atoms with Gasteiger partial charge in [0.05, 0.1) is 17.0 Å². The molecule has 10 heteroatoms. The van der Waals surface area contributed by atoms with E-state index in [2.05, 4.69) is 5.32 Å². The summed E-state index contributed by atoms with van der Waals surface area (Å²) < 4.78 is 64.0. The second kappa shape index (κ2) is 6.85. The van der Waals surface area contributed by atoms with Gasteiger partial charge in [0, 0.05) is 26.2 Å². The molecule has 0 saturated carbocycles. The average molecular weight is 351 g/mol. The van der Waals surface area contributed by atoms with Crippen molar-refractivity contribution in [2.75, 3.05) is 32.7 Å². The third kappa shape index (κ3) is 4.66. The Bertz CT molecular complexity index is 671. The summed E-state index contributed by atoms with van der Waals surface area (Å²) in [6, 6.07) is 3.38. The highest BCUT2D eigenvalue weighted by molar-refractivity contribution is 7.89. The van der Waals surface area contributed by atoms with Crippen molar-refractivity contribution in [3.63, 3.8) is 0 Å². The van der Waals surface area contributed by atoms with Gasteiger partial charge in [-0.3, -0.25) is 4.79 Å². The molecule has 2 rings (SSSR count). The van der Waals surface area contributed by atoms with Crippen molar-refractivity contribution < 1.29 is 26.4 Å². The van der Waals surface area contributed by atoms with Crippen molar-refractivity contribution in [2.24, 2.45) is 0 Å². The number of amides is 1. The Kier molecular flexibility index (Phi) is 5.27. The first-order valence-corrected chi connectivity index (χ1v) is 8.34. The Balaban J connectivity index is 2.05. The lowest BCUT2D eigenvalue weighted by atomic mass is 10.2. The Morgan fingerprint density at radius 2 is 1.91 bits per heavy atom. The molecule has 1 saturated heterocycles. The van der Waals surface area contributed by atoms with Crippen LogP contribution in [0.2, 0.25) is 0 Å². The normalized spacial score (nSPS) is 16.4. The molecule has 0 unspecified atom stereocenters. The van der Waals surface area contributed by atoms with E-state index in [9.17, 15) is 26.4 Å². The molecule has 128 valence electrons. The van der Waals surface area contributed by atoms with Gasteiger partial charge in [-0.2, -0.15) is 13.2 Å². The fourth-order valence-corrected chi connectivity index (χ4v) is 3.13. The van der Waals surface area contributed by atoms with Gasteiger partial charge in [0.15, 0.2) is 0 Å². The average Bonchev–Trinajstić information content (AvgIpc) is 2.53. The molecule has 1 heterocycles. The van der Waals surface area contributed by atoms with Gasteiger partial charge in [0.1, 0.15) is 0 Å². The van der Waals surface area contributed by atoms with Crippen LogP contribution >= 0.6 is 0 Å². The Labute approximate surface area is 131 Å². The van der Waals surface area contributed by atoms with Gasteiger partial charge in [0.2, 0.25) is 15.9 Å². The number of carbonyl (C=O) groups is 1. The molecule has 1 aliphatic rings. The highest BCUT2D eigenvalue weighted by atomic mass is 32.2. The molecule has 1 amide bonds. The summed E-state index contributed by atoms with van der Waals surface area (Å²) in [6.45, 7) is 1.67. The molecule has 1 aromatic carbocycles. The van der Waals surface area contributed by atoms with E-state index < -0.39 is 39.1 Å². The van der Waals surface area contributed by atoms with Crippen LogP contribution in [-0.2, 0) is 21.0 Å². The van der Waals surface area contributed by atoms with Crippen molar-refractivity contribution >= 4 is 15.9 Å². The lowest BCUT2D eigenvalue weighted by molar-refractivity contribution is -0.137. The number of nitrogens with zero attached hydrogens (tertiary/aromatic N) is 1. The van der Waals surface area contributed by atoms with Gasteiger partial charge in [-0.25, -0.2) is 13.1 Å². The number of carbonyl (C=O) groups excluding carboxylic acids is 1. The van der Waals surface area contributed by atoms with Gasteiger partial charge in [-0.1, -0.05) is 6.07 Å². The number of alkyl halides is 3. The number of piperazine rings is 1. The number of sulfonamides is 1. The summed E-state index contributed by atoms with van der Waals surface area (Å²) in [7, 11) is -4.19. The van der Waals surface area contributed by atoms with E-state index in [-0.39, 0.29) is 0 Å². The first-order chi connectivity index (χ1) is 10.7. The zero-order valence-electron chi connectivity index (χ0n) is 12.1. The Morgan fingerprint density at radius 3 is 2.52 bits per heavy atom. The van der Waals surface area contributed by atoms with Crippen LogP contribution in [0, 0.1) is 0 Å². The zero-order valence-corrected chi connectivity index (χ0v) is 12.9. The first kappa shape index (κ1) is 17.7. The minimum atomic E-state index is -4.64. The third-order valence-electron chi connectivity index (χ3n) is 3.35. The van der Waals surface area contributed by atoms with Gasteiger partial charge >= 0.3 is 6.18 Å². The number of benzene rings is 1. The van der Waals surface area contributed by atoms with Crippen LogP contribution in [0.15, 0.2) is 29.2 Å². The molecule has 0 radical (unpaired) electrons. The van der Waals surface area contributed by atoms with Crippen LogP contribution < -0.4 is 10.0 Å². The molecule has 6 nitrogen and oxygen atoms in total. The molecule has 0 spiro atoms. The van der Waals surface area contributed by atoms with Crippen molar-refractivity contribution in [1.29, 1.82) is 0 Å². The summed E-state index contributed by atoms with van der Waals surface area (Å²) in [5.41, 5.74) is -1.06. The van der Waals surface area contributed by atoms with Gasteiger partial charge in [-0.05, 0) is 18.2 Å². The van der Waals surface area contributed by atoms with Gasteiger partial charge < -0.3 is 10.2 Å². The Hall–Kier alpha value is -1.65. The third-order valence-corrected chi connectivity index (χ3v) is 4.75. The maximum Gasteiger partial charge on any atom is 0.416 e. The Morgan fingerprint density at radius 1 is 1.26 bits per heavy atom. The van der Waals surface area contributed by atoms with E-state index in [4.69, 9.17) is 0 Å². The molecule has 1 aliphatic heterocycles. The van der Waals surface area contributed by atoms with Crippen molar-refractivity contribution in [3.8, 4) is 0 Å². The summed E-state index contributed by atoms with van der Waals surface area (Å²) >= 11 is 0. The van der Waals surface area contributed by atoms with E-state index in [0.717, 1.165) is 18.2 Å². The van der Waals surface area contributed by atoms with E-state index in [1.165, 1.54) is 4.90 Å². The highest BCUT2D eigenvalue weighted by Crippen LogP contribution is 2.30. The van der Waals surface area contributed by atoms with Gasteiger partial charge in [0.25, 0.3) is 0 Å². The van der Waals surface area contributed by atoms with E-state index in [1.807, 2.05) is 4.72 Å². The molecule has 2 N–H and O–H groups in total. The number of halogens is 3. The maximum atomic E-state index is 12.6. The molecule has 0 bridgehead atoms. The number of rotatable bonds is 4. The van der Waals surface area contributed by atoms with Crippen molar-refractivity contribution in [1.82, 2.24) is 14.9 Å². The molecule has 1 fully saturated rings. The standard InChI is InChI=1S/C13H16F3N3O3S/c14-13(15,16)10-2-1-3-11(8-10)23(21,22)18-9-12(20)19-6-4-17-5-7-19/h1-3,8,17-18H,4-7,9H2. The molecule has 0 atom stereocenters. The fourth-order valence-electron chi connectivity index (χ4n) is 2.11. The minimum Gasteiger partial charge on any atom is -0.339 e. The molecular formula is C13H16F3N3O3S. The maximum absolute atomic E-state index is 12.6. The van der Waals surface area contributed by atoms with Crippen molar-refractivity contribution in [3.05, 3.63) is 29.8 Å². The lowest BCUT2D eigenvalue weighted by Crippen LogP contribution is -2.49. The number of hydrogen-bond acceptors (Lipinski definition) is 4. The summed E-state index contributed by atoms with van der Waals surface area (Å²) in [5, 5.41) is 3.05. The van der Waals surface area contributed by atoms with Crippen LogP contribution in [0.3, 0.4) is 0 Å². The second-order valence-corrected chi connectivity index (χ2v) is 6.75. The SMILES string of the molecule is O=C(CNS(=O)(=O)c1cccc(C(F)(F)F)c1)N1CCNCC1. The molecular weight excluding hydrogens is 335 g/mol. The van der Waals surface area contributed by atoms with Gasteiger partial charge in [-0.15, -0.1) is 0 Å². The summed E-state index contributed by atoms with van der Waals surface area (Å²) in [4.78, 5) is 12.9. The second-order valence-electron chi connectivity index (χ2n) is 4.98. The van der Waals surface area contributed by atoms with E-state index >= 15 is 0 Å². The van der Waals surface area contributed by atoms with Crippen LogP contribution in [-0.4, -0.2) is 51.9 Å². The summed E-state index contributed by atoms with van der Waals surface area (Å²) in [5.74, 6) is -0.415. The van der Waals surface area contributed by atoms with E-state index in [0.29, 0.717) is 32.2 Å². The molecule has 1 aromatic rings. The predicted molar refractivity (Wildman–Crippen MR) is 76.1 cm³/mol. The van der Waals surface area contributed by atoms with E-state index in [1.54, 1.807) is 0 Å². The van der Waals surface area contributed by atoms with Crippen molar-refractivity contribution in [2.45, 2.75) is 11.1 Å². The smallest absolute Gasteiger partial charge is 0.339 e. The molecule has 0 aliphatic carbocycles. The molecule has 0 aromatic heterocycles. The molecule has 23 heavy (non-hydrogen) atoms. The van der Waals surface area contributed by atoms with Crippen LogP contribution in [0.1, 0.15) is 5.56 Å². The topological polar surface area (TPSA) is 78.5 Å². The minimum absolute atomic E-state index is 0.415. The first-order valence-electron chi connectivity index (χ1n) is 6.85. The largest absolute Gasteiger partial charge is 0.416 e. The van der Waals surface area contributed by atoms with Crippen LogP contribution in [0.4, 0.5) is 13.2 Å². The summed E-state index contributed by atoms with van der Waals surface area (Å²) in [6.07, 6.45) is -4.64.